The summed E-state index contributed by atoms with van der Waals surface area (Å²) in [5.41, 5.74) is 16.7. The summed E-state index contributed by atoms with van der Waals surface area (Å²) >= 11 is 5.68. The van der Waals surface area contributed by atoms with Gasteiger partial charge in [-0.15, -0.1) is 0 Å². The van der Waals surface area contributed by atoms with E-state index in [2.05, 4.69) is 15.3 Å². The zero-order valence-corrected chi connectivity index (χ0v) is 10.9. The zero-order chi connectivity index (χ0) is 13.7. The molecule has 0 aromatic carbocycles. The highest BCUT2D eigenvalue weighted by molar-refractivity contribution is 6.31. The third-order valence-electron chi connectivity index (χ3n) is 2.30. The molecule has 0 aliphatic carbocycles. The number of nitrogens with zero attached hydrogens (tertiary/aromatic N) is 2. The number of halogens is 1. The van der Waals surface area contributed by atoms with E-state index in [1.54, 1.807) is 0 Å². The fourth-order valence-corrected chi connectivity index (χ4v) is 1.52. The maximum Gasteiger partial charge on any atom is 0.273 e. The van der Waals surface area contributed by atoms with Crippen molar-refractivity contribution < 1.29 is 4.79 Å². The average Bonchev–Trinajstić information content (AvgIpc) is 2.31. The Morgan fingerprint density at radius 1 is 1.39 bits per heavy atom. The van der Waals surface area contributed by atoms with E-state index in [4.69, 9.17) is 28.8 Å². The second-order valence-electron chi connectivity index (χ2n) is 3.89. The molecule has 1 atom stereocenters. The average molecular weight is 273 g/mol. The lowest BCUT2D eigenvalue weighted by molar-refractivity contribution is 0.0946. The summed E-state index contributed by atoms with van der Waals surface area (Å²) in [5, 5.41) is 2.58. The van der Waals surface area contributed by atoms with Crippen LogP contribution >= 0.6 is 11.6 Å². The van der Waals surface area contributed by atoms with Crippen molar-refractivity contribution >= 4 is 29.1 Å². The molecule has 18 heavy (non-hydrogen) atoms. The molecule has 1 heterocycles. The van der Waals surface area contributed by atoms with E-state index in [9.17, 15) is 4.79 Å². The van der Waals surface area contributed by atoms with Gasteiger partial charge in [-0.2, -0.15) is 0 Å². The first kappa shape index (κ1) is 14.5. The molecule has 100 valence electrons. The fourth-order valence-electron chi connectivity index (χ4n) is 1.39. The monoisotopic (exact) mass is 272 g/mol. The molecule has 1 rings (SSSR count). The fraction of sp³-hybridized carbons (Fsp3) is 0.500. The van der Waals surface area contributed by atoms with Crippen molar-refractivity contribution in [3.8, 4) is 0 Å². The summed E-state index contributed by atoms with van der Waals surface area (Å²) < 4.78 is 0. The molecule has 0 saturated carbocycles. The minimum atomic E-state index is -0.464. The Bertz CT molecular complexity index is 439. The van der Waals surface area contributed by atoms with Crippen molar-refractivity contribution in [3.05, 3.63) is 10.8 Å². The van der Waals surface area contributed by atoms with Gasteiger partial charge in [-0.25, -0.2) is 9.97 Å². The van der Waals surface area contributed by atoms with Gasteiger partial charge < -0.3 is 22.5 Å². The third-order valence-corrected chi connectivity index (χ3v) is 2.58. The molecule has 0 radical (unpaired) electrons. The number of nitrogens with two attached hydrogens (primary N) is 3. The molecule has 8 heteroatoms. The molecule has 1 aromatic rings. The lowest BCUT2D eigenvalue weighted by Crippen LogP contribution is -2.37. The van der Waals surface area contributed by atoms with Gasteiger partial charge >= 0.3 is 0 Å². The molecule has 0 aliphatic heterocycles. The predicted molar refractivity (Wildman–Crippen MR) is 71.1 cm³/mol. The first-order chi connectivity index (χ1) is 8.45. The highest BCUT2D eigenvalue weighted by Crippen LogP contribution is 2.17. The number of amides is 1. The van der Waals surface area contributed by atoms with Gasteiger partial charge in [-0.1, -0.05) is 24.9 Å². The van der Waals surface area contributed by atoms with Crippen LogP contribution in [0.3, 0.4) is 0 Å². The number of carbonyl (C=O) groups excluding carboxylic acids is 1. The van der Waals surface area contributed by atoms with Gasteiger partial charge in [0.25, 0.3) is 5.91 Å². The van der Waals surface area contributed by atoms with E-state index >= 15 is 0 Å². The molecule has 0 aliphatic rings. The van der Waals surface area contributed by atoms with Gasteiger partial charge in [0.15, 0.2) is 22.5 Å². The van der Waals surface area contributed by atoms with Crippen LogP contribution in [0.1, 0.15) is 30.3 Å². The second kappa shape index (κ2) is 6.36. The SMILES string of the molecule is CCC[C@@H](N)CNC(=O)c1nc(Cl)c(N)nc1N. The molecule has 7 N–H and O–H groups in total. The van der Waals surface area contributed by atoms with E-state index in [-0.39, 0.29) is 28.5 Å². The number of rotatable bonds is 5. The highest BCUT2D eigenvalue weighted by atomic mass is 35.5. The van der Waals surface area contributed by atoms with Crippen molar-refractivity contribution in [1.29, 1.82) is 0 Å². The molecule has 0 unspecified atom stereocenters. The zero-order valence-electron chi connectivity index (χ0n) is 10.1. The van der Waals surface area contributed by atoms with Crippen LogP contribution in [0.15, 0.2) is 0 Å². The first-order valence-corrected chi connectivity index (χ1v) is 5.95. The lowest BCUT2D eigenvalue weighted by Gasteiger charge is -2.12. The van der Waals surface area contributed by atoms with E-state index < -0.39 is 5.91 Å². The number of anilines is 2. The normalized spacial score (nSPS) is 12.2. The topological polar surface area (TPSA) is 133 Å². The largest absolute Gasteiger partial charge is 0.382 e. The lowest BCUT2D eigenvalue weighted by atomic mass is 10.2. The molecule has 0 fully saturated rings. The summed E-state index contributed by atoms with van der Waals surface area (Å²) in [6, 6.07) is -0.0996. The molecule has 7 nitrogen and oxygen atoms in total. The maximum atomic E-state index is 11.8. The van der Waals surface area contributed by atoms with Crippen molar-refractivity contribution in [1.82, 2.24) is 15.3 Å². The van der Waals surface area contributed by atoms with Crippen molar-refractivity contribution in [2.24, 2.45) is 5.73 Å². The van der Waals surface area contributed by atoms with E-state index in [1.807, 2.05) is 6.92 Å². The van der Waals surface area contributed by atoms with E-state index in [0.29, 0.717) is 6.54 Å². The number of aromatic nitrogens is 2. The Hall–Kier alpha value is -1.60. The van der Waals surface area contributed by atoms with Crippen LogP contribution in [0.2, 0.25) is 5.15 Å². The summed E-state index contributed by atoms with van der Waals surface area (Å²) in [6.07, 6.45) is 1.77. The van der Waals surface area contributed by atoms with Crippen LogP contribution in [0.25, 0.3) is 0 Å². The number of nitrogens with one attached hydrogen (secondary N) is 1. The van der Waals surface area contributed by atoms with Crippen molar-refractivity contribution in [2.75, 3.05) is 18.0 Å². The van der Waals surface area contributed by atoms with E-state index in [1.165, 1.54) is 0 Å². The Balaban J connectivity index is 2.70. The van der Waals surface area contributed by atoms with Gasteiger partial charge in [0.1, 0.15) is 0 Å². The Morgan fingerprint density at radius 2 is 2.06 bits per heavy atom. The van der Waals surface area contributed by atoms with Crippen molar-refractivity contribution in [3.63, 3.8) is 0 Å². The van der Waals surface area contributed by atoms with Crippen LogP contribution in [0.5, 0.6) is 0 Å². The minimum Gasteiger partial charge on any atom is -0.382 e. The second-order valence-corrected chi connectivity index (χ2v) is 4.25. The summed E-state index contributed by atoms with van der Waals surface area (Å²) in [5.74, 6) is -0.527. The molecule has 0 spiro atoms. The van der Waals surface area contributed by atoms with Gasteiger partial charge in [0.2, 0.25) is 0 Å². The molecule has 1 amide bonds. The van der Waals surface area contributed by atoms with Crippen LogP contribution in [0.4, 0.5) is 11.6 Å². The standard InChI is InChI=1S/C10H17ClN6O/c1-2-3-5(12)4-15-10(18)6-8(13)17-9(14)7(11)16-6/h5H,2-4,12H2,1H3,(H,15,18)(H4,13,14,17)/t5-/m1/s1. The summed E-state index contributed by atoms with van der Waals surface area (Å²) in [7, 11) is 0. The maximum absolute atomic E-state index is 11.8. The number of carbonyl (C=O) groups is 1. The first-order valence-electron chi connectivity index (χ1n) is 5.58. The van der Waals surface area contributed by atoms with Crippen LogP contribution < -0.4 is 22.5 Å². The quantitative estimate of drug-likeness (QED) is 0.603. The van der Waals surface area contributed by atoms with Crippen LogP contribution in [-0.2, 0) is 0 Å². The molecule has 1 aromatic heterocycles. The van der Waals surface area contributed by atoms with Gasteiger partial charge in [-0.3, -0.25) is 4.79 Å². The minimum absolute atomic E-state index is 0.00611. The van der Waals surface area contributed by atoms with Gasteiger partial charge in [0, 0.05) is 12.6 Å². The Kier molecular flexibility index (Phi) is 5.11. The van der Waals surface area contributed by atoms with Crippen LogP contribution in [-0.4, -0.2) is 28.5 Å². The highest BCUT2D eigenvalue weighted by Gasteiger charge is 2.16. The van der Waals surface area contributed by atoms with Crippen molar-refractivity contribution in [2.45, 2.75) is 25.8 Å². The van der Waals surface area contributed by atoms with Crippen LogP contribution in [0, 0.1) is 0 Å². The predicted octanol–water partition coefficient (Wildman–Crippen LogP) is 0.152. The van der Waals surface area contributed by atoms with Gasteiger partial charge in [0.05, 0.1) is 0 Å². The smallest absolute Gasteiger partial charge is 0.273 e. The number of hydrogen-bond acceptors (Lipinski definition) is 6. The molecule has 0 saturated heterocycles. The molecular weight excluding hydrogens is 256 g/mol. The third kappa shape index (κ3) is 3.71. The summed E-state index contributed by atoms with van der Waals surface area (Å²) in [6.45, 7) is 2.36. The number of nitrogen functional groups attached to an aromatic ring is 2. The summed E-state index contributed by atoms with van der Waals surface area (Å²) in [4.78, 5) is 19.3. The Morgan fingerprint density at radius 3 is 2.67 bits per heavy atom. The molecule has 0 bridgehead atoms. The Labute approximate surface area is 110 Å². The number of hydrogen-bond donors (Lipinski definition) is 4. The molecular formula is C10H17ClN6O. The van der Waals surface area contributed by atoms with Gasteiger partial charge in [-0.05, 0) is 6.42 Å². The van der Waals surface area contributed by atoms with E-state index in [0.717, 1.165) is 12.8 Å².